The summed E-state index contributed by atoms with van der Waals surface area (Å²) in [5.74, 6) is 2.22. The molecule has 4 nitrogen and oxygen atoms in total. The molecule has 0 radical (unpaired) electrons. The Kier molecular flexibility index (Phi) is 4.02. The molecule has 1 aromatic heterocycles. The van der Waals surface area contributed by atoms with Gasteiger partial charge in [-0.3, -0.25) is 0 Å². The molecule has 1 aromatic carbocycles. The molecule has 0 aliphatic carbocycles. The zero-order chi connectivity index (χ0) is 12.8. The smallest absolute Gasteiger partial charge is 0.128 e. The van der Waals surface area contributed by atoms with E-state index in [4.69, 9.17) is 10.5 Å². The van der Waals surface area contributed by atoms with Crippen LogP contribution in [0.5, 0.6) is 5.75 Å². The number of aromatic nitrogens is 1. The highest BCUT2D eigenvalue weighted by Gasteiger charge is 1.96. The third-order valence-electron chi connectivity index (χ3n) is 2.65. The molecule has 0 aliphatic heterocycles. The molecular formula is C14H17N3O. The number of nitrogen functional groups attached to an aromatic ring is 1. The van der Waals surface area contributed by atoms with Gasteiger partial charge >= 0.3 is 0 Å². The molecule has 0 saturated carbocycles. The van der Waals surface area contributed by atoms with Gasteiger partial charge in [-0.25, -0.2) is 4.98 Å². The van der Waals surface area contributed by atoms with E-state index in [-0.39, 0.29) is 0 Å². The number of nitrogens with one attached hydrogen (secondary N) is 1. The summed E-state index contributed by atoms with van der Waals surface area (Å²) in [4.78, 5) is 4.18. The summed E-state index contributed by atoms with van der Waals surface area (Å²) >= 11 is 0. The van der Waals surface area contributed by atoms with Crippen LogP contribution in [0.1, 0.15) is 5.56 Å². The van der Waals surface area contributed by atoms with Crippen molar-refractivity contribution in [3.8, 4) is 5.75 Å². The van der Waals surface area contributed by atoms with E-state index in [1.165, 1.54) is 5.56 Å². The number of anilines is 2. The fourth-order valence-electron chi connectivity index (χ4n) is 1.68. The minimum absolute atomic E-state index is 0.532. The van der Waals surface area contributed by atoms with Crippen LogP contribution in [0, 0.1) is 0 Å². The second kappa shape index (κ2) is 5.91. The molecule has 2 rings (SSSR count). The molecule has 3 N–H and O–H groups in total. The van der Waals surface area contributed by atoms with Gasteiger partial charge in [-0.1, -0.05) is 18.2 Å². The monoisotopic (exact) mass is 243 g/mol. The van der Waals surface area contributed by atoms with Crippen LogP contribution >= 0.6 is 0 Å². The van der Waals surface area contributed by atoms with Gasteiger partial charge < -0.3 is 15.8 Å². The highest BCUT2D eigenvalue weighted by atomic mass is 16.5. The second-order valence-corrected chi connectivity index (χ2v) is 3.97. The van der Waals surface area contributed by atoms with Crippen LogP contribution in [0.3, 0.4) is 0 Å². The van der Waals surface area contributed by atoms with E-state index in [9.17, 15) is 0 Å². The topological polar surface area (TPSA) is 60.2 Å². The number of nitrogens with two attached hydrogens (primary N) is 1. The molecule has 0 fully saturated rings. The van der Waals surface area contributed by atoms with E-state index in [1.807, 2.05) is 24.3 Å². The molecule has 4 heteroatoms. The number of methoxy groups -OCH3 is 1. The van der Waals surface area contributed by atoms with Crippen molar-refractivity contribution in [2.75, 3.05) is 24.7 Å². The van der Waals surface area contributed by atoms with Crippen LogP contribution in [0.4, 0.5) is 11.6 Å². The number of nitrogens with zero attached hydrogens (tertiary/aromatic N) is 1. The molecule has 0 aliphatic rings. The summed E-state index contributed by atoms with van der Waals surface area (Å²) < 4.78 is 5.12. The van der Waals surface area contributed by atoms with Crippen LogP contribution in [0.2, 0.25) is 0 Å². The molecule has 0 unspecified atom stereocenters. The van der Waals surface area contributed by atoms with Gasteiger partial charge in [0.05, 0.1) is 7.11 Å². The van der Waals surface area contributed by atoms with E-state index >= 15 is 0 Å². The predicted octanol–water partition coefficient (Wildman–Crippen LogP) is 2.33. The minimum atomic E-state index is 0.532. The number of rotatable bonds is 5. The fraction of sp³-hybridized carbons (Fsp3) is 0.214. The van der Waals surface area contributed by atoms with Gasteiger partial charge in [0.2, 0.25) is 0 Å². The van der Waals surface area contributed by atoms with Crippen LogP contribution in [-0.2, 0) is 6.42 Å². The Bertz CT molecular complexity index is 497. The molecule has 0 bridgehead atoms. The van der Waals surface area contributed by atoms with Crippen molar-refractivity contribution in [2.45, 2.75) is 6.42 Å². The summed E-state index contributed by atoms with van der Waals surface area (Å²) in [6.07, 6.45) is 0.931. The van der Waals surface area contributed by atoms with Gasteiger partial charge in [-0.05, 0) is 36.2 Å². The molecule has 1 heterocycles. The summed E-state index contributed by atoms with van der Waals surface area (Å²) in [5, 5.41) is 3.24. The Morgan fingerprint density at radius 3 is 2.61 bits per heavy atom. The van der Waals surface area contributed by atoms with Crippen molar-refractivity contribution in [1.82, 2.24) is 4.98 Å². The lowest BCUT2D eigenvalue weighted by Crippen LogP contribution is -2.06. The highest BCUT2D eigenvalue weighted by molar-refractivity contribution is 5.42. The molecular weight excluding hydrogens is 226 g/mol. The summed E-state index contributed by atoms with van der Waals surface area (Å²) in [5.41, 5.74) is 6.87. The van der Waals surface area contributed by atoms with Gasteiger partial charge in [0.25, 0.3) is 0 Å². The lowest BCUT2D eigenvalue weighted by Gasteiger charge is -2.06. The third kappa shape index (κ3) is 3.38. The van der Waals surface area contributed by atoms with Gasteiger partial charge in [0.1, 0.15) is 17.4 Å². The van der Waals surface area contributed by atoms with Crippen molar-refractivity contribution < 1.29 is 4.74 Å². The lowest BCUT2D eigenvalue weighted by molar-refractivity contribution is 0.414. The fourth-order valence-corrected chi connectivity index (χ4v) is 1.68. The first kappa shape index (κ1) is 12.2. The normalized spacial score (nSPS) is 10.1. The van der Waals surface area contributed by atoms with Gasteiger partial charge in [0, 0.05) is 6.54 Å². The highest BCUT2D eigenvalue weighted by Crippen LogP contribution is 2.12. The quantitative estimate of drug-likeness (QED) is 0.846. The van der Waals surface area contributed by atoms with Gasteiger partial charge in [0.15, 0.2) is 0 Å². The zero-order valence-electron chi connectivity index (χ0n) is 10.4. The first-order valence-corrected chi connectivity index (χ1v) is 5.87. The van der Waals surface area contributed by atoms with E-state index < -0.39 is 0 Å². The van der Waals surface area contributed by atoms with Crippen LogP contribution < -0.4 is 15.8 Å². The lowest BCUT2D eigenvalue weighted by atomic mass is 10.1. The maximum absolute atomic E-state index is 5.61. The first-order valence-electron chi connectivity index (χ1n) is 5.87. The van der Waals surface area contributed by atoms with E-state index in [1.54, 1.807) is 13.2 Å². The molecule has 0 amide bonds. The SMILES string of the molecule is COc1ccc(CCNc2cccc(N)n2)cc1. The Labute approximate surface area is 107 Å². The minimum Gasteiger partial charge on any atom is -0.497 e. The first-order chi connectivity index (χ1) is 8.78. The van der Waals surface area contributed by atoms with Gasteiger partial charge in [-0.15, -0.1) is 0 Å². The Balaban J connectivity index is 1.84. The summed E-state index contributed by atoms with van der Waals surface area (Å²) in [7, 11) is 1.67. The number of hydrogen-bond donors (Lipinski definition) is 2. The van der Waals surface area contributed by atoms with Gasteiger partial charge in [-0.2, -0.15) is 0 Å². The Hall–Kier alpha value is -2.23. The van der Waals surface area contributed by atoms with E-state index in [0.29, 0.717) is 5.82 Å². The molecule has 18 heavy (non-hydrogen) atoms. The summed E-state index contributed by atoms with van der Waals surface area (Å²) in [6.45, 7) is 0.822. The Morgan fingerprint density at radius 1 is 1.17 bits per heavy atom. The van der Waals surface area contributed by atoms with Crippen molar-refractivity contribution in [3.05, 3.63) is 48.0 Å². The van der Waals surface area contributed by atoms with Crippen LogP contribution in [0.15, 0.2) is 42.5 Å². The van der Waals surface area contributed by atoms with Crippen molar-refractivity contribution >= 4 is 11.6 Å². The molecule has 94 valence electrons. The number of pyridine rings is 1. The standard InChI is InChI=1S/C14H17N3O/c1-18-12-7-5-11(6-8-12)9-10-16-14-4-2-3-13(15)17-14/h2-8H,9-10H2,1H3,(H3,15,16,17). The zero-order valence-corrected chi connectivity index (χ0v) is 10.4. The van der Waals surface area contributed by atoms with E-state index in [2.05, 4.69) is 22.4 Å². The van der Waals surface area contributed by atoms with Crippen molar-refractivity contribution in [3.63, 3.8) is 0 Å². The molecule has 2 aromatic rings. The number of hydrogen-bond acceptors (Lipinski definition) is 4. The number of ether oxygens (including phenoxy) is 1. The predicted molar refractivity (Wildman–Crippen MR) is 73.8 cm³/mol. The molecule has 0 spiro atoms. The average molecular weight is 243 g/mol. The van der Waals surface area contributed by atoms with E-state index in [0.717, 1.165) is 24.5 Å². The van der Waals surface area contributed by atoms with Crippen molar-refractivity contribution in [2.24, 2.45) is 0 Å². The second-order valence-electron chi connectivity index (χ2n) is 3.97. The van der Waals surface area contributed by atoms with Crippen molar-refractivity contribution in [1.29, 1.82) is 0 Å². The molecule has 0 atom stereocenters. The number of benzene rings is 1. The average Bonchev–Trinajstić information content (AvgIpc) is 2.40. The molecule has 0 saturated heterocycles. The summed E-state index contributed by atoms with van der Waals surface area (Å²) in [6, 6.07) is 13.6. The van der Waals surface area contributed by atoms with Crippen LogP contribution in [-0.4, -0.2) is 18.6 Å². The third-order valence-corrected chi connectivity index (χ3v) is 2.65. The van der Waals surface area contributed by atoms with Crippen LogP contribution in [0.25, 0.3) is 0 Å². The maximum atomic E-state index is 5.61. The maximum Gasteiger partial charge on any atom is 0.128 e. The largest absolute Gasteiger partial charge is 0.497 e. The Morgan fingerprint density at radius 2 is 1.94 bits per heavy atom.